The molecule has 2 atom stereocenters. The molecule has 0 radical (unpaired) electrons. The third kappa shape index (κ3) is 4.73. The third-order valence-corrected chi connectivity index (χ3v) is 5.84. The van der Waals surface area contributed by atoms with Crippen molar-refractivity contribution in [2.24, 2.45) is 0 Å². The van der Waals surface area contributed by atoms with Crippen molar-refractivity contribution in [3.8, 4) is 11.1 Å². The zero-order valence-corrected chi connectivity index (χ0v) is 18.7. The largest absolute Gasteiger partial charge is 0.326 e. The van der Waals surface area contributed by atoms with E-state index in [1.54, 1.807) is 4.68 Å². The Morgan fingerprint density at radius 3 is 2.59 bits per heavy atom. The molecule has 1 aliphatic heterocycles. The molecule has 1 saturated heterocycles. The van der Waals surface area contributed by atoms with Crippen LogP contribution in [0, 0.1) is 13.8 Å². The van der Waals surface area contributed by atoms with Crippen molar-refractivity contribution in [1.82, 2.24) is 20.4 Å². The summed E-state index contributed by atoms with van der Waals surface area (Å²) in [5.41, 5.74) is 5.71. The molecule has 2 heterocycles. The number of amides is 2. The molecule has 1 aromatic heterocycles. The molecule has 1 aliphatic rings. The van der Waals surface area contributed by atoms with Gasteiger partial charge in [0, 0.05) is 35.8 Å². The number of nitrogens with zero attached hydrogens (tertiary/aromatic N) is 2. The summed E-state index contributed by atoms with van der Waals surface area (Å²) in [6.07, 6.45) is 1.00. The quantitative estimate of drug-likeness (QED) is 0.555. The minimum absolute atomic E-state index is 0.00631. The fourth-order valence-corrected chi connectivity index (χ4v) is 4.21. The van der Waals surface area contributed by atoms with Crippen molar-refractivity contribution in [1.29, 1.82) is 0 Å². The topological polar surface area (TPSA) is 88.1 Å². The number of anilines is 1. The van der Waals surface area contributed by atoms with Crippen LogP contribution in [-0.2, 0) is 16.0 Å². The van der Waals surface area contributed by atoms with Crippen LogP contribution in [0.5, 0.6) is 0 Å². The normalized spacial score (nSPS) is 18.3. The van der Waals surface area contributed by atoms with Crippen LogP contribution in [0.4, 0.5) is 5.69 Å². The van der Waals surface area contributed by atoms with Crippen LogP contribution in [0.25, 0.3) is 11.1 Å². The molecular formula is C25H29N5O2. The second-order valence-electron chi connectivity index (χ2n) is 8.30. The number of carbonyl (C=O) groups excluding carboxylic acids is 2. The summed E-state index contributed by atoms with van der Waals surface area (Å²) in [6.45, 7) is 5.90. The molecule has 0 spiro atoms. The van der Waals surface area contributed by atoms with E-state index in [2.05, 4.69) is 21.0 Å². The molecule has 4 rings (SSSR count). The van der Waals surface area contributed by atoms with Crippen molar-refractivity contribution in [3.63, 3.8) is 0 Å². The minimum atomic E-state index is -0.370. The summed E-state index contributed by atoms with van der Waals surface area (Å²) in [7, 11) is 0. The number of aromatic nitrogens is 2. The maximum atomic E-state index is 12.8. The van der Waals surface area contributed by atoms with Crippen LogP contribution in [-0.4, -0.2) is 27.6 Å². The van der Waals surface area contributed by atoms with Gasteiger partial charge in [0.05, 0.1) is 5.69 Å². The van der Waals surface area contributed by atoms with Crippen molar-refractivity contribution in [2.45, 2.75) is 52.4 Å². The van der Waals surface area contributed by atoms with Gasteiger partial charge in [0.15, 0.2) is 6.29 Å². The highest BCUT2D eigenvalue weighted by Crippen LogP contribution is 2.28. The van der Waals surface area contributed by atoms with Gasteiger partial charge in [-0.05, 0) is 44.4 Å². The van der Waals surface area contributed by atoms with E-state index < -0.39 is 0 Å². The van der Waals surface area contributed by atoms with Gasteiger partial charge in [0.1, 0.15) is 0 Å². The molecule has 7 nitrogen and oxygen atoms in total. The summed E-state index contributed by atoms with van der Waals surface area (Å²) in [4.78, 5) is 24.7. The average Bonchev–Trinajstić information content (AvgIpc) is 3.06. The van der Waals surface area contributed by atoms with Gasteiger partial charge in [-0.15, -0.1) is 0 Å². The van der Waals surface area contributed by atoms with Crippen molar-refractivity contribution in [3.05, 3.63) is 71.5 Å². The monoisotopic (exact) mass is 431 g/mol. The fourth-order valence-electron chi connectivity index (χ4n) is 4.21. The zero-order valence-electron chi connectivity index (χ0n) is 18.7. The van der Waals surface area contributed by atoms with Crippen LogP contribution in [0.2, 0.25) is 0 Å². The van der Waals surface area contributed by atoms with E-state index in [-0.39, 0.29) is 24.1 Å². The number of rotatable bonds is 6. The first-order valence-corrected chi connectivity index (χ1v) is 11.0. The minimum Gasteiger partial charge on any atom is -0.326 e. The summed E-state index contributed by atoms with van der Waals surface area (Å²) in [5.74, 6) is -0.0375. The van der Waals surface area contributed by atoms with Crippen molar-refractivity contribution in [2.75, 3.05) is 5.32 Å². The summed E-state index contributed by atoms with van der Waals surface area (Å²) in [5, 5.41) is 14.0. The van der Waals surface area contributed by atoms with Gasteiger partial charge >= 0.3 is 0 Å². The molecule has 0 saturated carbocycles. The van der Waals surface area contributed by atoms with Gasteiger partial charge in [-0.2, -0.15) is 5.10 Å². The van der Waals surface area contributed by atoms with Gasteiger partial charge in [0.25, 0.3) is 0 Å². The van der Waals surface area contributed by atoms with Crippen LogP contribution < -0.4 is 16.0 Å². The van der Waals surface area contributed by atoms with Gasteiger partial charge in [0.2, 0.25) is 11.8 Å². The Morgan fingerprint density at radius 2 is 1.84 bits per heavy atom. The first kappa shape index (κ1) is 21.8. The van der Waals surface area contributed by atoms with E-state index in [0.29, 0.717) is 19.3 Å². The number of aryl methyl sites for hydroxylation is 1. The Morgan fingerprint density at radius 1 is 1.12 bits per heavy atom. The molecule has 2 unspecified atom stereocenters. The maximum Gasteiger partial charge on any atom is 0.224 e. The number of benzene rings is 2. The van der Waals surface area contributed by atoms with Crippen LogP contribution in [0.15, 0.2) is 54.6 Å². The van der Waals surface area contributed by atoms with Gasteiger partial charge < -0.3 is 10.6 Å². The number of hydrogen-bond donors (Lipinski definition) is 3. The van der Waals surface area contributed by atoms with Crippen LogP contribution in [0.1, 0.15) is 43.0 Å². The van der Waals surface area contributed by atoms with E-state index in [1.807, 2.05) is 75.4 Å². The zero-order chi connectivity index (χ0) is 22.7. The lowest BCUT2D eigenvalue weighted by Crippen LogP contribution is -2.52. The SMILES string of the molecule is Cc1nn(C2NC(=O)CC(C)N2)c(C)c1CCC(=O)Nc1ccccc1-c1ccccc1. The molecule has 2 amide bonds. The lowest BCUT2D eigenvalue weighted by Gasteiger charge is -2.30. The molecule has 3 N–H and O–H groups in total. The van der Waals surface area contributed by atoms with Gasteiger partial charge in [-0.1, -0.05) is 48.5 Å². The molecule has 0 bridgehead atoms. The Kier molecular flexibility index (Phi) is 6.37. The number of para-hydroxylation sites is 1. The second-order valence-corrected chi connectivity index (χ2v) is 8.30. The van der Waals surface area contributed by atoms with Gasteiger partial charge in [-0.3, -0.25) is 14.9 Å². The van der Waals surface area contributed by atoms with E-state index in [9.17, 15) is 9.59 Å². The van der Waals surface area contributed by atoms with Crippen molar-refractivity contribution < 1.29 is 9.59 Å². The molecule has 2 aromatic carbocycles. The van der Waals surface area contributed by atoms with E-state index >= 15 is 0 Å². The summed E-state index contributed by atoms with van der Waals surface area (Å²) >= 11 is 0. The molecule has 1 fully saturated rings. The summed E-state index contributed by atoms with van der Waals surface area (Å²) < 4.78 is 1.81. The average molecular weight is 432 g/mol. The van der Waals surface area contributed by atoms with Crippen LogP contribution >= 0.6 is 0 Å². The predicted octanol–water partition coefficient (Wildman–Crippen LogP) is 3.69. The molecule has 3 aromatic rings. The first-order valence-electron chi connectivity index (χ1n) is 11.0. The number of carbonyl (C=O) groups is 2. The second kappa shape index (κ2) is 9.36. The highest BCUT2D eigenvalue weighted by molar-refractivity contribution is 5.95. The Balaban J connectivity index is 1.45. The lowest BCUT2D eigenvalue weighted by molar-refractivity contribution is -0.125. The molecule has 7 heteroatoms. The predicted molar refractivity (Wildman–Crippen MR) is 125 cm³/mol. The fraction of sp³-hybridized carbons (Fsp3) is 0.320. The Labute approximate surface area is 188 Å². The number of nitrogens with one attached hydrogen (secondary N) is 3. The Hall–Kier alpha value is -3.45. The smallest absolute Gasteiger partial charge is 0.224 e. The Bertz CT molecular complexity index is 1120. The molecule has 166 valence electrons. The van der Waals surface area contributed by atoms with Crippen LogP contribution in [0.3, 0.4) is 0 Å². The summed E-state index contributed by atoms with van der Waals surface area (Å²) in [6, 6.07) is 17.9. The molecule has 0 aliphatic carbocycles. The van der Waals surface area contributed by atoms with Crippen molar-refractivity contribution >= 4 is 17.5 Å². The first-order chi connectivity index (χ1) is 15.4. The van der Waals surface area contributed by atoms with E-state index in [0.717, 1.165) is 33.8 Å². The highest BCUT2D eigenvalue weighted by Gasteiger charge is 2.27. The van der Waals surface area contributed by atoms with E-state index in [1.165, 1.54) is 0 Å². The van der Waals surface area contributed by atoms with E-state index in [4.69, 9.17) is 0 Å². The molecule has 32 heavy (non-hydrogen) atoms. The lowest BCUT2D eigenvalue weighted by atomic mass is 10.0. The molecular weight excluding hydrogens is 402 g/mol. The number of hydrogen-bond acceptors (Lipinski definition) is 4. The maximum absolute atomic E-state index is 12.8. The van der Waals surface area contributed by atoms with Gasteiger partial charge in [-0.25, -0.2) is 4.68 Å². The standard InChI is InChI=1S/C25H29N5O2/c1-16-15-24(32)28-25(26-16)30-18(3)20(17(2)29-30)13-14-23(31)27-22-12-8-7-11-21(22)19-9-5-4-6-10-19/h4-12,16,25-26H,13-15H2,1-3H3,(H,27,31)(H,28,32). The third-order valence-electron chi connectivity index (χ3n) is 5.84. The highest BCUT2D eigenvalue weighted by atomic mass is 16.2.